The number of aromatic amines is 1. The van der Waals surface area contributed by atoms with E-state index in [2.05, 4.69) is 20.8 Å². The van der Waals surface area contributed by atoms with Crippen LogP contribution in [0.4, 0.5) is 16.2 Å². The number of carbonyl (C=O) groups is 2. The molecule has 27 heavy (non-hydrogen) atoms. The number of carbonyl (C=O) groups excluding carboxylic acids is 2. The Morgan fingerprint density at radius 1 is 1.07 bits per heavy atom. The summed E-state index contributed by atoms with van der Waals surface area (Å²) in [5, 5.41) is 13.7. The lowest BCUT2D eigenvalue weighted by Gasteiger charge is -2.32. The van der Waals surface area contributed by atoms with Crippen LogP contribution in [0.1, 0.15) is 12.8 Å². The lowest BCUT2D eigenvalue weighted by Crippen LogP contribution is -2.45. The number of likely N-dealkylation sites (tertiary alicyclic amines) is 1. The van der Waals surface area contributed by atoms with Gasteiger partial charge in [-0.25, -0.2) is 4.79 Å². The normalized spacial score (nSPS) is 16.9. The van der Waals surface area contributed by atoms with E-state index >= 15 is 0 Å². The van der Waals surface area contributed by atoms with Gasteiger partial charge in [0.15, 0.2) is 0 Å². The van der Waals surface area contributed by atoms with E-state index in [4.69, 9.17) is 0 Å². The third-order valence-corrected chi connectivity index (χ3v) is 4.81. The standard InChI is InChI=1S/C20H21N5O2/c26-19(22-17-8-9-18-15(11-17)12-21-24-18)14-5-4-10-25(13-14)20(27)23-16-6-2-1-3-7-16/h1-3,6-9,11-12,14H,4-5,10,13H2,(H,21,24)(H,22,26)(H,23,27)/t14-/m1/s1. The maximum atomic E-state index is 12.7. The van der Waals surface area contributed by atoms with Gasteiger partial charge in [-0.15, -0.1) is 0 Å². The number of piperidine rings is 1. The SMILES string of the molecule is O=C(Nc1ccc2[nH]ncc2c1)[C@@H]1CCCN(C(=O)Nc2ccccc2)C1. The van der Waals surface area contributed by atoms with E-state index in [1.54, 1.807) is 11.1 Å². The summed E-state index contributed by atoms with van der Waals surface area (Å²) in [7, 11) is 0. The van der Waals surface area contributed by atoms with Crippen molar-refractivity contribution in [3.8, 4) is 0 Å². The molecule has 3 aromatic rings. The molecule has 7 nitrogen and oxygen atoms in total. The Morgan fingerprint density at radius 2 is 1.93 bits per heavy atom. The van der Waals surface area contributed by atoms with E-state index in [0.717, 1.165) is 35.1 Å². The molecular formula is C20H21N5O2. The van der Waals surface area contributed by atoms with Crippen molar-refractivity contribution in [3.63, 3.8) is 0 Å². The molecular weight excluding hydrogens is 342 g/mol. The summed E-state index contributed by atoms with van der Waals surface area (Å²) in [6, 6.07) is 14.8. The first kappa shape index (κ1) is 17.1. The molecule has 0 aliphatic carbocycles. The van der Waals surface area contributed by atoms with E-state index in [1.165, 1.54) is 0 Å². The molecule has 3 amide bonds. The van der Waals surface area contributed by atoms with Gasteiger partial charge >= 0.3 is 6.03 Å². The largest absolute Gasteiger partial charge is 0.326 e. The third-order valence-electron chi connectivity index (χ3n) is 4.81. The molecule has 7 heteroatoms. The maximum Gasteiger partial charge on any atom is 0.321 e. The van der Waals surface area contributed by atoms with Gasteiger partial charge < -0.3 is 15.5 Å². The van der Waals surface area contributed by atoms with Gasteiger partial charge in [-0.3, -0.25) is 9.89 Å². The molecule has 138 valence electrons. The summed E-state index contributed by atoms with van der Waals surface area (Å²) in [6.07, 6.45) is 3.30. The first-order valence-corrected chi connectivity index (χ1v) is 9.04. The van der Waals surface area contributed by atoms with Crippen molar-refractivity contribution in [2.75, 3.05) is 23.7 Å². The molecule has 1 atom stereocenters. The number of aromatic nitrogens is 2. The van der Waals surface area contributed by atoms with E-state index in [1.807, 2.05) is 48.5 Å². The van der Waals surface area contributed by atoms with Gasteiger partial charge in [0.25, 0.3) is 0 Å². The Labute approximate surface area is 156 Å². The summed E-state index contributed by atoms with van der Waals surface area (Å²) in [5.41, 5.74) is 2.41. The van der Waals surface area contributed by atoms with E-state index < -0.39 is 0 Å². The predicted octanol–water partition coefficient (Wildman–Crippen LogP) is 3.45. The zero-order valence-corrected chi connectivity index (χ0v) is 14.8. The fraction of sp³-hybridized carbons (Fsp3) is 0.250. The van der Waals surface area contributed by atoms with Gasteiger partial charge in [0.05, 0.1) is 17.6 Å². The molecule has 4 rings (SSSR count). The van der Waals surface area contributed by atoms with Crippen molar-refractivity contribution < 1.29 is 9.59 Å². The topological polar surface area (TPSA) is 90.1 Å². The first-order chi connectivity index (χ1) is 13.2. The molecule has 2 aromatic carbocycles. The molecule has 1 fully saturated rings. The smallest absolute Gasteiger partial charge is 0.321 e. The number of benzene rings is 2. The Kier molecular flexibility index (Phi) is 4.74. The van der Waals surface area contributed by atoms with Crippen LogP contribution in [-0.4, -0.2) is 40.1 Å². The van der Waals surface area contributed by atoms with Crippen LogP contribution in [0.3, 0.4) is 0 Å². The highest BCUT2D eigenvalue weighted by Crippen LogP contribution is 2.21. The number of anilines is 2. The minimum atomic E-state index is -0.222. The molecule has 0 bridgehead atoms. The van der Waals surface area contributed by atoms with Crippen molar-refractivity contribution in [2.24, 2.45) is 5.92 Å². The number of hydrogen-bond donors (Lipinski definition) is 3. The zero-order chi connectivity index (χ0) is 18.6. The van der Waals surface area contributed by atoms with Crippen LogP contribution in [0.5, 0.6) is 0 Å². The Morgan fingerprint density at radius 3 is 2.78 bits per heavy atom. The molecule has 1 aliphatic heterocycles. The maximum absolute atomic E-state index is 12.7. The summed E-state index contributed by atoms with van der Waals surface area (Å²) in [4.78, 5) is 26.9. The highest BCUT2D eigenvalue weighted by Gasteiger charge is 2.28. The molecule has 1 aromatic heterocycles. The minimum Gasteiger partial charge on any atom is -0.326 e. The van der Waals surface area contributed by atoms with Gasteiger partial charge in [-0.2, -0.15) is 5.10 Å². The van der Waals surface area contributed by atoms with Gasteiger partial charge in [0.2, 0.25) is 5.91 Å². The molecule has 0 radical (unpaired) electrons. The number of para-hydroxylation sites is 1. The number of fused-ring (bicyclic) bond motifs is 1. The average molecular weight is 363 g/mol. The highest BCUT2D eigenvalue weighted by atomic mass is 16.2. The van der Waals surface area contributed by atoms with Crippen molar-refractivity contribution in [1.82, 2.24) is 15.1 Å². The van der Waals surface area contributed by atoms with Crippen LogP contribution in [0.2, 0.25) is 0 Å². The van der Waals surface area contributed by atoms with Crippen molar-refractivity contribution in [2.45, 2.75) is 12.8 Å². The monoisotopic (exact) mass is 363 g/mol. The summed E-state index contributed by atoms with van der Waals surface area (Å²) < 4.78 is 0. The van der Waals surface area contributed by atoms with E-state index in [-0.39, 0.29) is 17.9 Å². The molecule has 0 saturated carbocycles. The van der Waals surface area contributed by atoms with Crippen LogP contribution in [-0.2, 0) is 4.79 Å². The van der Waals surface area contributed by atoms with Crippen molar-refractivity contribution >= 4 is 34.2 Å². The highest BCUT2D eigenvalue weighted by molar-refractivity contribution is 5.96. The van der Waals surface area contributed by atoms with E-state index in [0.29, 0.717) is 13.1 Å². The molecule has 1 aliphatic rings. The summed E-state index contributed by atoms with van der Waals surface area (Å²) in [6.45, 7) is 1.07. The second-order valence-electron chi connectivity index (χ2n) is 6.74. The summed E-state index contributed by atoms with van der Waals surface area (Å²) in [5.74, 6) is -0.282. The van der Waals surface area contributed by atoms with Gasteiger partial charge in [-0.1, -0.05) is 18.2 Å². The Bertz CT molecular complexity index is 953. The fourth-order valence-corrected chi connectivity index (χ4v) is 3.36. The molecule has 1 saturated heterocycles. The number of rotatable bonds is 3. The fourth-order valence-electron chi connectivity index (χ4n) is 3.36. The van der Waals surface area contributed by atoms with Crippen LogP contribution >= 0.6 is 0 Å². The number of nitrogens with zero attached hydrogens (tertiary/aromatic N) is 2. The van der Waals surface area contributed by atoms with Crippen LogP contribution in [0, 0.1) is 5.92 Å². The number of amides is 3. The molecule has 2 heterocycles. The molecule has 3 N–H and O–H groups in total. The van der Waals surface area contributed by atoms with Gasteiger partial charge in [0.1, 0.15) is 0 Å². The van der Waals surface area contributed by atoms with Crippen molar-refractivity contribution in [1.29, 1.82) is 0 Å². The average Bonchev–Trinajstić information content (AvgIpc) is 3.16. The van der Waals surface area contributed by atoms with Gasteiger partial charge in [-0.05, 0) is 43.2 Å². The van der Waals surface area contributed by atoms with Crippen molar-refractivity contribution in [3.05, 3.63) is 54.7 Å². The number of hydrogen-bond acceptors (Lipinski definition) is 3. The number of H-pyrrole nitrogens is 1. The lowest BCUT2D eigenvalue weighted by atomic mass is 9.97. The van der Waals surface area contributed by atoms with E-state index in [9.17, 15) is 9.59 Å². The second-order valence-corrected chi connectivity index (χ2v) is 6.74. The quantitative estimate of drug-likeness (QED) is 0.666. The lowest BCUT2D eigenvalue weighted by molar-refractivity contribution is -0.121. The Hall–Kier alpha value is -3.35. The molecule has 0 spiro atoms. The molecule has 0 unspecified atom stereocenters. The van der Waals surface area contributed by atoms with Crippen LogP contribution in [0.25, 0.3) is 10.9 Å². The van der Waals surface area contributed by atoms with Crippen LogP contribution < -0.4 is 10.6 Å². The van der Waals surface area contributed by atoms with Crippen LogP contribution in [0.15, 0.2) is 54.7 Å². The zero-order valence-electron chi connectivity index (χ0n) is 14.8. The minimum absolute atomic E-state index is 0.0601. The van der Waals surface area contributed by atoms with Gasteiger partial charge in [0, 0.05) is 29.9 Å². The number of urea groups is 1. The number of nitrogens with one attached hydrogen (secondary N) is 3. The Balaban J connectivity index is 1.38. The third kappa shape index (κ3) is 3.92. The summed E-state index contributed by atoms with van der Waals surface area (Å²) >= 11 is 0. The predicted molar refractivity (Wildman–Crippen MR) is 104 cm³/mol. The second kappa shape index (κ2) is 7.49. The first-order valence-electron chi connectivity index (χ1n) is 9.04.